The van der Waals surface area contributed by atoms with Crippen molar-refractivity contribution in [2.75, 3.05) is 37.7 Å². The average Bonchev–Trinajstić information content (AvgIpc) is 2.73. The minimum atomic E-state index is -4.75. The zero-order valence-corrected chi connectivity index (χ0v) is 17.3. The summed E-state index contributed by atoms with van der Waals surface area (Å²) in [5, 5.41) is -0.548. The third kappa shape index (κ3) is 4.11. The number of morpholine rings is 1. The van der Waals surface area contributed by atoms with E-state index in [1.54, 1.807) is 6.20 Å². The zero-order chi connectivity index (χ0) is 21.5. The van der Waals surface area contributed by atoms with Crippen LogP contribution in [0.2, 0.25) is 5.02 Å². The molecular formula is C18H18ClF3N4O3S. The number of hydrogen-bond donors (Lipinski definition) is 0. The number of nitrogens with zero attached hydrogens (tertiary/aromatic N) is 4. The SMILES string of the molecule is O=S(=O)(c1ccc(Cl)c(C(F)(F)F)c1)N1CCc2cnc(N3CCOCC3)nc2C1. The molecule has 0 radical (unpaired) electrons. The molecule has 1 fully saturated rings. The Kier molecular flexibility index (Phi) is 5.64. The van der Waals surface area contributed by atoms with Gasteiger partial charge < -0.3 is 9.64 Å². The maximum Gasteiger partial charge on any atom is 0.417 e. The summed E-state index contributed by atoms with van der Waals surface area (Å²) in [7, 11) is -4.16. The smallest absolute Gasteiger partial charge is 0.378 e. The molecule has 0 amide bonds. The standard InChI is InChI=1S/C18H18ClF3N4O3S/c19-15-2-1-13(9-14(15)18(20,21)22)30(27,28)26-4-3-12-10-23-17(24-16(12)11-26)25-5-7-29-8-6-25/h1-2,9-10H,3-8,11H2. The van der Waals surface area contributed by atoms with Gasteiger partial charge in [0, 0.05) is 25.8 Å². The van der Waals surface area contributed by atoms with Gasteiger partial charge in [0.05, 0.1) is 40.9 Å². The van der Waals surface area contributed by atoms with Crippen molar-refractivity contribution in [1.29, 1.82) is 0 Å². The highest BCUT2D eigenvalue weighted by Gasteiger charge is 2.36. The van der Waals surface area contributed by atoms with Crippen molar-refractivity contribution in [1.82, 2.24) is 14.3 Å². The molecule has 0 N–H and O–H groups in total. The predicted molar refractivity (Wildman–Crippen MR) is 103 cm³/mol. The highest BCUT2D eigenvalue weighted by Crippen LogP contribution is 2.37. The van der Waals surface area contributed by atoms with Crippen LogP contribution in [0.4, 0.5) is 19.1 Å². The first-order chi connectivity index (χ1) is 14.2. The fourth-order valence-electron chi connectivity index (χ4n) is 3.42. The van der Waals surface area contributed by atoms with Crippen molar-refractivity contribution in [3.8, 4) is 0 Å². The van der Waals surface area contributed by atoms with Gasteiger partial charge in [-0.1, -0.05) is 11.6 Å². The van der Waals surface area contributed by atoms with Gasteiger partial charge >= 0.3 is 6.18 Å². The highest BCUT2D eigenvalue weighted by atomic mass is 35.5. The van der Waals surface area contributed by atoms with Gasteiger partial charge in [-0.25, -0.2) is 18.4 Å². The van der Waals surface area contributed by atoms with E-state index >= 15 is 0 Å². The zero-order valence-electron chi connectivity index (χ0n) is 15.7. The molecule has 1 saturated heterocycles. The number of rotatable bonds is 3. The molecule has 0 unspecified atom stereocenters. The van der Waals surface area contributed by atoms with E-state index in [2.05, 4.69) is 9.97 Å². The lowest BCUT2D eigenvalue weighted by Gasteiger charge is -2.30. The topological polar surface area (TPSA) is 75.6 Å². The predicted octanol–water partition coefficient (Wildman–Crippen LogP) is 2.73. The van der Waals surface area contributed by atoms with Crippen molar-refractivity contribution in [3.63, 3.8) is 0 Å². The molecular weight excluding hydrogens is 445 g/mol. The van der Waals surface area contributed by atoms with Crippen LogP contribution < -0.4 is 4.90 Å². The molecule has 4 rings (SSSR count). The number of ether oxygens (including phenoxy) is 1. The van der Waals surface area contributed by atoms with Gasteiger partial charge in [0.15, 0.2) is 0 Å². The van der Waals surface area contributed by atoms with Crippen LogP contribution in [0.5, 0.6) is 0 Å². The molecule has 2 aliphatic heterocycles. The maximum atomic E-state index is 13.2. The summed E-state index contributed by atoms with van der Waals surface area (Å²) in [6.07, 6.45) is -2.70. The Hall–Kier alpha value is -1.95. The first-order valence-corrected chi connectivity index (χ1v) is 11.0. The van der Waals surface area contributed by atoms with E-state index in [-0.39, 0.29) is 13.1 Å². The van der Waals surface area contributed by atoms with E-state index in [4.69, 9.17) is 16.3 Å². The first-order valence-electron chi connectivity index (χ1n) is 9.20. The Labute approximate surface area is 176 Å². The molecule has 12 heteroatoms. The first kappa shape index (κ1) is 21.3. The van der Waals surface area contributed by atoms with Crippen LogP contribution in [0.3, 0.4) is 0 Å². The van der Waals surface area contributed by atoms with Crippen molar-refractivity contribution >= 4 is 27.6 Å². The van der Waals surface area contributed by atoms with Crippen LogP contribution >= 0.6 is 11.6 Å². The van der Waals surface area contributed by atoms with Crippen LogP contribution in [-0.4, -0.2) is 55.5 Å². The van der Waals surface area contributed by atoms with Gasteiger partial charge in [0.25, 0.3) is 0 Å². The minimum absolute atomic E-state index is 0.0402. The van der Waals surface area contributed by atoms with Crippen molar-refractivity contribution in [2.24, 2.45) is 0 Å². The second kappa shape index (κ2) is 7.95. The second-order valence-corrected chi connectivity index (χ2v) is 9.31. The number of sulfonamides is 1. The molecule has 0 spiro atoms. The summed E-state index contributed by atoms with van der Waals surface area (Å²) in [5.41, 5.74) is 0.191. The number of alkyl halides is 3. The minimum Gasteiger partial charge on any atom is -0.378 e. The van der Waals surface area contributed by atoms with Gasteiger partial charge in [-0.2, -0.15) is 17.5 Å². The molecule has 1 aromatic carbocycles. The van der Waals surface area contributed by atoms with Gasteiger partial charge in [-0.3, -0.25) is 0 Å². The lowest BCUT2D eigenvalue weighted by Crippen LogP contribution is -2.39. The largest absolute Gasteiger partial charge is 0.417 e. The van der Waals surface area contributed by atoms with E-state index in [0.29, 0.717) is 50.4 Å². The van der Waals surface area contributed by atoms with E-state index in [0.717, 1.165) is 22.0 Å². The van der Waals surface area contributed by atoms with E-state index in [1.165, 1.54) is 0 Å². The van der Waals surface area contributed by atoms with Crippen molar-refractivity contribution in [2.45, 2.75) is 24.0 Å². The molecule has 3 heterocycles. The Bertz CT molecular complexity index is 1060. The summed E-state index contributed by atoms with van der Waals surface area (Å²) in [5.74, 6) is 0.488. The monoisotopic (exact) mass is 462 g/mol. The summed E-state index contributed by atoms with van der Waals surface area (Å²) in [4.78, 5) is 10.4. The molecule has 2 aliphatic rings. The van der Waals surface area contributed by atoms with E-state index in [1.807, 2.05) is 4.90 Å². The maximum absolute atomic E-state index is 13.2. The number of aromatic nitrogens is 2. The van der Waals surface area contributed by atoms with Crippen LogP contribution in [0.15, 0.2) is 29.3 Å². The third-order valence-electron chi connectivity index (χ3n) is 5.07. The normalized spacial score (nSPS) is 18.3. The summed E-state index contributed by atoms with van der Waals surface area (Å²) < 4.78 is 71.9. The number of benzene rings is 1. The number of anilines is 1. The fraction of sp³-hybridized carbons (Fsp3) is 0.444. The number of fused-ring (bicyclic) bond motifs is 1. The van der Waals surface area contributed by atoms with E-state index < -0.39 is 31.7 Å². The molecule has 30 heavy (non-hydrogen) atoms. The lowest BCUT2D eigenvalue weighted by atomic mass is 10.1. The molecule has 0 atom stereocenters. The van der Waals surface area contributed by atoms with Gasteiger partial charge in [-0.05, 0) is 30.2 Å². The fourth-order valence-corrected chi connectivity index (χ4v) is 5.07. The molecule has 0 bridgehead atoms. The molecule has 7 nitrogen and oxygen atoms in total. The van der Waals surface area contributed by atoms with Crippen LogP contribution in [0.1, 0.15) is 16.8 Å². The Morgan fingerprint density at radius 3 is 2.57 bits per heavy atom. The van der Waals surface area contributed by atoms with Gasteiger partial charge in [0.1, 0.15) is 0 Å². The molecule has 0 saturated carbocycles. The van der Waals surface area contributed by atoms with Crippen molar-refractivity contribution in [3.05, 3.63) is 46.2 Å². The van der Waals surface area contributed by atoms with Crippen LogP contribution in [0.25, 0.3) is 0 Å². The lowest BCUT2D eigenvalue weighted by molar-refractivity contribution is -0.137. The Morgan fingerprint density at radius 1 is 1.13 bits per heavy atom. The van der Waals surface area contributed by atoms with Crippen LogP contribution in [-0.2, 0) is 33.9 Å². The van der Waals surface area contributed by atoms with Crippen LogP contribution in [0, 0.1) is 0 Å². The Morgan fingerprint density at radius 2 is 1.87 bits per heavy atom. The third-order valence-corrected chi connectivity index (χ3v) is 7.24. The molecule has 1 aromatic heterocycles. The van der Waals surface area contributed by atoms with E-state index in [9.17, 15) is 21.6 Å². The summed E-state index contributed by atoms with van der Waals surface area (Å²) in [6.45, 7) is 2.46. The number of hydrogen-bond acceptors (Lipinski definition) is 6. The molecule has 2 aromatic rings. The molecule has 0 aliphatic carbocycles. The average molecular weight is 463 g/mol. The summed E-state index contributed by atoms with van der Waals surface area (Å²) >= 11 is 5.62. The second-order valence-electron chi connectivity index (χ2n) is 6.97. The van der Waals surface area contributed by atoms with Gasteiger partial charge in [-0.15, -0.1) is 0 Å². The van der Waals surface area contributed by atoms with Gasteiger partial charge in [0.2, 0.25) is 16.0 Å². The number of halogens is 4. The highest BCUT2D eigenvalue weighted by molar-refractivity contribution is 7.89. The van der Waals surface area contributed by atoms with Crippen molar-refractivity contribution < 1.29 is 26.3 Å². The summed E-state index contributed by atoms with van der Waals surface area (Å²) in [6, 6.07) is 2.61. The quantitative estimate of drug-likeness (QED) is 0.698. The molecule has 162 valence electrons. The Balaban J connectivity index is 1.62.